The Morgan fingerprint density at radius 3 is 2.80 bits per heavy atom. The first-order valence-electron chi connectivity index (χ1n) is 5.25. The van der Waals surface area contributed by atoms with Crippen molar-refractivity contribution in [2.24, 2.45) is 0 Å². The predicted octanol–water partition coefficient (Wildman–Crippen LogP) is 2.96. The zero-order valence-corrected chi connectivity index (χ0v) is 9.10. The minimum atomic E-state index is 0.453. The molecule has 0 bridgehead atoms. The zero-order chi connectivity index (χ0) is 10.8. The van der Waals surface area contributed by atoms with E-state index in [4.69, 9.17) is 0 Å². The van der Waals surface area contributed by atoms with Gasteiger partial charge in [0.15, 0.2) is 0 Å². The second-order valence-electron chi connectivity index (χ2n) is 4.08. The molecule has 0 radical (unpaired) electrons. The van der Waals surface area contributed by atoms with Gasteiger partial charge in [0.1, 0.15) is 6.29 Å². The molecule has 0 saturated heterocycles. The number of rotatable bonds is 3. The van der Waals surface area contributed by atoms with Crippen molar-refractivity contribution in [2.45, 2.75) is 26.3 Å². The molecule has 2 rings (SSSR count). The molecule has 1 heterocycles. The van der Waals surface area contributed by atoms with Gasteiger partial charge in [0.25, 0.3) is 0 Å². The number of carbonyl (C=O) groups excluding carboxylic acids is 1. The molecular weight excluding hydrogens is 186 g/mol. The van der Waals surface area contributed by atoms with Crippen LogP contribution in [0.5, 0.6) is 0 Å². The fraction of sp³-hybridized carbons (Fsp3) is 0.308. The fourth-order valence-corrected chi connectivity index (χ4v) is 1.87. The van der Waals surface area contributed by atoms with E-state index in [0.29, 0.717) is 12.5 Å². The molecule has 78 valence electrons. The summed E-state index contributed by atoms with van der Waals surface area (Å²) < 4.78 is 2.23. The van der Waals surface area contributed by atoms with Gasteiger partial charge >= 0.3 is 0 Å². The molecule has 2 nitrogen and oxygen atoms in total. The summed E-state index contributed by atoms with van der Waals surface area (Å²) in [7, 11) is 0. The average Bonchev–Trinajstić information content (AvgIpc) is 2.61. The molecule has 0 atom stereocenters. The molecule has 1 aromatic carbocycles. The minimum Gasteiger partial charge on any atom is -0.345 e. The second-order valence-corrected chi connectivity index (χ2v) is 4.08. The molecule has 0 N–H and O–H groups in total. The van der Waals surface area contributed by atoms with E-state index in [1.54, 1.807) is 0 Å². The van der Waals surface area contributed by atoms with E-state index in [0.717, 1.165) is 11.8 Å². The van der Waals surface area contributed by atoms with Crippen molar-refractivity contribution in [3.05, 3.63) is 36.0 Å². The number of nitrogens with zero attached hydrogens (tertiary/aromatic N) is 1. The molecule has 0 amide bonds. The van der Waals surface area contributed by atoms with Gasteiger partial charge in [-0.15, -0.1) is 0 Å². The first-order chi connectivity index (χ1) is 7.22. The van der Waals surface area contributed by atoms with E-state index < -0.39 is 0 Å². The lowest BCUT2D eigenvalue weighted by atomic mass is 10.1. The Morgan fingerprint density at radius 2 is 2.13 bits per heavy atom. The van der Waals surface area contributed by atoms with Crippen molar-refractivity contribution < 1.29 is 4.79 Å². The lowest BCUT2D eigenvalue weighted by molar-refractivity contribution is -0.107. The van der Waals surface area contributed by atoms with Gasteiger partial charge in [0, 0.05) is 24.2 Å². The third-order valence-corrected chi connectivity index (χ3v) is 2.66. The normalized spacial score (nSPS) is 11.1. The summed E-state index contributed by atoms with van der Waals surface area (Å²) in [5.41, 5.74) is 2.29. The summed E-state index contributed by atoms with van der Waals surface area (Å²) >= 11 is 0. The Kier molecular flexibility index (Phi) is 2.58. The van der Waals surface area contributed by atoms with Crippen LogP contribution in [0.2, 0.25) is 0 Å². The Labute approximate surface area is 89.5 Å². The van der Waals surface area contributed by atoms with Crippen LogP contribution in [0, 0.1) is 0 Å². The Balaban J connectivity index is 2.56. The van der Waals surface area contributed by atoms with E-state index in [1.165, 1.54) is 10.9 Å². The number of carbonyl (C=O) groups is 1. The highest BCUT2D eigenvalue weighted by molar-refractivity contribution is 5.81. The monoisotopic (exact) mass is 201 g/mol. The van der Waals surface area contributed by atoms with Crippen molar-refractivity contribution in [2.75, 3.05) is 0 Å². The van der Waals surface area contributed by atoms with Gasteiger partial charge in [0.2, 0.25) is 0 Å². The second kappa shape index (κ2) is 3.89. The lowest BCUT2D eigenvalue weighted by Gasteiger charge is -2.09. The standard InChI is InChI=1S/C13H15NO/c1-10(2)14-7-5-12-4-3-11(6-8-15)9-13(12)14/h3-5,7-10H,6H2,1-2H3. The van der Waals surface area contributed by atoms with Gasteiger partial charge in [-0.2, -0.15) is 0 Å². The van der Waals surface area contributed by atoms with Crippen molar-refractivity contribution in [1.29, 1.82) is 0 Å². The van der Waals surface area contributed by atoms with E-state index in [1.807, 2.05) is 6.07 Å². The molecule has 15 heavy (non-hydrogen) atoms. The van der Waals surface area contributed by atoms with Crippen LogP contribution in [0.1, 0.15) is 25.5 Å². The highest BCUT2D eigenvalue weighted by Gasteiger charge is 2.04. The van der Waals surface area contributed by atoms with Crippen LogP contribution in [-0.2, 0) is 11.2 Å². The number of hydrogen-bond acceptors (Lipinski definition) is 1. The number of benzene rings is 1. The van der Waals surface area contributed by atoms with Crippen molar-refractivity contribution >= 4 is 17.2 Å². The van der Waals surface area contributed by atoms with Crippen LogP contribution in [0.25, 0.3) is 10.9 Å². The number of fused-ring (bicyclic) bond motifs is 1. The third-order valence-electron chi connectivity index (χ3n) is 2.66. The van der Waals surface area contributed by atoms with Crippen LogP contribution < -0.4 is 0 Å². The summed E-state index contributed by atoms with van der Waals surface area (Å²) in [6.45, 7) is 4.32. The molecule has 0 saturated carbocycles. The Hall–Kier alpha value is -1.57. The molecule has 0 aliphatic heterocycles. The summed E-state index contributed by atoms with van der Waals surface area (Å²) in [5, 5.41) is 1.23. The summed E-state index contributed by atoms with van der Waals surface area (Å²) in [6, 6.07) is 8.76. The van der Waals surface area contributed by atoms with E-state index in [2.05, 4.69) is 42.8 Å². The quantitative estimate of drug-likeness (QED) is 0.700. The maximum absolute atomic E-state index is 10.5. The highest BCUT2D eigenvalue weighted by atomic mass is 16.1. The van der Waals surface area contributed by atoms with Crippen molar-refractivity contribution in [3.63, 3.8) is 0 Å². The molecule has 2 heteroatoms. The van der Waals surface area contributed by atoms with Crippen LogP contribution in [0.15, 0.2) is 30.5 Å². The smallest absolute Gasteiger partial charge is 0.124 e. The number of hydrogen-bond donors (Lipinski definition) is 0. The minimum absolute atomic E-state index is 0.453. The molecule has 1 aromatic heterocycles. The van der Waals surface area contributed by atoms with Gasteiger partial charge in [-0.3, -0.25) is 0 Å². The van der Waals surface area contributed by atoms with Crippen LogP contribution in [-0.4, -0.2) is 10.9 Å². The van der Waals surface area contributed by atoms with E-state index in [-0.39, 0.29) is 0 Å². The zero-order valence-electron chi connectivity index (χ0n) is 9.10. The van der Waals surface area contributed by atoms with Gasteiger partial charge in [-0.1, -0.05) is 12.1 Å². The molecule has 0 aliphatic carbocycles. The molecule has 0 fully saturated rings. The SMILES string of the molecule is CC(C)n1ccc2ccc(CC=O)cc21. The predicted molar refractivity (Wildman–Crippen MR) is 62.1 cm³/mol. The molecule has 0 aliphatic rings. The lowest BCUT2D eigenvalue weighted by Crippen LogP contribution is -1.98. The van der Waals surface area contributed by atoms with E-state index >= 15 is 0 Å². The summed E-state index contributed by atoms with van der Waals surface area (Å²) in [5.74, 6) is 0. The average molecular weight is 201 g/mol. The Bertz CT molecular complexity index is 482. The van der Waals surface area contributed by atoms with Gasteiger partial charge in [-0.05, 0) is 36.9 Å². The van der Waals surface area contributed by atoms with Crippen LogP contribution >= 0.6 is 0 Å². The third kappa shape index (κ3) is 1.80. The maximum atomic E-state index is 10.5. The van der Waals surface area contributed by atoms with Crippen LogP contribution in [0.3, 0.4) is 0 Å². The fourth-order valence-electron chi connectivity index (χ4n) is 1.87. The number of aldehydes is 1. The number of aromatic nitrogens is 1. The van der Waals surface area contributed by atoms with Crippen molar-refractivity contribution in [3.8, 4) is 0 Å². The van der Waals surface area contributed by atoms with Gasteiger partial charge in [0.05, 0.1) is 0 Å². The summed E-state index contributed by atoms with van der Waals surface area (Å²) in [6.07, 6.45) is 3.54. The molecular formula is C13H15NO. The van der Waals surface area contributed by atoms with Gasteiger partial charge in [-0.25, -0.2) is 0 Å². The first-order valence-corrected chi connectivity index (χ1v) is 5.25. The molecule has 2 aromatic rings. The maximum Gasteiger partial charge on any atom is 0.124 e. The summed E-state index contributed by atoms with van der Waals surface area (Å²) in [4.78, 5) is 10.5. The van der Waals surface area contributed by atoms with E-state index in [9.17, 15) is 4.79 Å². The topological polar surface area (TPSA) is 22.0 Å². The van der Waals surface area contributed by atoms with Gasteiger partial charge < -0.3 is 9.36 Å². The largest absolute Gasteiger partial charge is 0.345 e. The Morgan fingerprint density at radius 1 is 1.33 bits per heavy atom. The molecule has 0 unspecified atom stereocenters. The highest BCUT2D eigenvalue weighted by Crippen LogP contribution is 2.21. The van der Waals surface area contributed by atoms with Crippen molar-refractivity contribution in [1.82, 2.24) is 4.57 Å². The first kappa shape index (κ1) is 9.97. The molecule has 0 spiro atoms. The van der Waals surface area contributed by atoms with Crippen LogP contribution in [0.4, 0.5) is 0 Å².